The van der Waals surface area contributed by atoms with Crippen molar-refractivity contribution in [3.05, 3.63) is 65.4 Å². The minimum absolute atomic E-state index is 0.00328. The standard InChI is InChI=1S/C24H25N5O3/c1-16-3-6-19(7-4-16)26-24-25-17(2)13-22(27-24)28-9-11-29(12-10-28)23(30)18-5-8-20-21(14-18)32-15-31-20/h3-8,13-14H,9-12,15H2,1-2H3,(H,25,26,27). The fraction of sp³-hybridized carbons (Fsp3) is 0.292. The van der Waals surface area contributed by atoms with Crippen molar-refractivity contribution in [3.8, 4) is 11.5 Å². The van der Waals surface area contributed by atoms with Crippen LogP contribution in [0.2, 0.25) is 0 Å². The highest BCUT2D eigenvalue weighted by Crippen LogP contribution is 2.33. The molecule has 8 nitrogen and oxygen atoms in total. The number of benzene rings is 2. The molecule has 0 radical (unpaired) electrons. The van der Waals surface area contributed by atoms with Gasteiger partial charge in [-0.3, -0.25) is 4.79 Å². The number of rotatable bonds is 4. The lowest BCUT2D eigenvalue weighted by Crippen LogP contribution is -2.49. The Bertz CT molecular complexity index is 1140. The molecule has 1 aromatic heterocycles. The average Bonchev–Trinajstić information content (AvgIpc) is 3.28. The molecule has 164 valence electrons. The second-order valence-corrected chi connectivity index (χ2v) is 8.03. The summed E-state index contributed by atoms with van der Waals surface area (Å²) in [6, 6.07) is 15.5. The Morgan fingerprint density at radius 2 is 1.66 bits per heavy atom. The minimum atomic E-state index is 0.00328. The van der Waals surface area contributed by atoms with Crippen LogP contribution >= 0.6 is 0 Å². The van der Waals surface area contributed by atoms with Gasteiger partial charge in [-0.1, -0.05) is 17.7 Å². The van der Waals surface area contributed by atoms with Gasteiger partial charge in [-0.15, -0.1) is 0 Å². The van der Waals surface area contributed by atoms with E-state index in [9.17, 15) is 4.79 Å². The van der Waals surface area contributed by atoms with Crippen molar-refractivity contribution in [2.24, 2.45) is 0 Å². The van der Waals surface area contributed by atoms with E-state index in [1.165, 1.54) is 5.56 Å². The molecule has 0 saturated carbocycles. The van der Waals surface area contributed by atoms with E-state index in [-0.39, 0.29) is 12.7 Å². The van der Waals surface area contributed by atoms with E-state index in [0.29, 0.717) is 49.2 Å². The predicted octanol–water partition coefficient (Wildman–Crippen LogP) is 3.53. The van der Waals surface area contributed by atoms with Crippen molar-refractivity contribution >= 4 is 23.4 Å². The highest BCUT2D eigenvalue weighted by Gasteiger charge is 2.25. The zero-order valence-electron chi connectivity index (χ0n) is 18.2. The van der Waals surface area contributed by atoms with Gasteiger partial charge in [-0.2, -0.15) is 4.98 Å². The fourth-order valence-corrected chi connectivity index (χ4v) is 3.89. The Kier molecular flexibility index (Phi) is 5.26. The third-order valence-electron chi connectivity index (χ3n) is 5.66. The number of nitrogens with one attached hydrogen (secondary N) is 1. The van der Waals surface area contributed by atoms with E-state index in [1.54, 1.807) is 18.2 Å². The highest BCUT2D eigenvalue weighted by atomic mass is 16.7. The lowest BCUT2D eigenvalue weighted by molar-refractivity contribution is 0.0746. The van der Waals surface area contributed by atoms with E-state index < -0.39 is 0 Å². The average molecular weight is 431 g/mol. The first kappa shape index (κ1) is 20.1. The summed E-state index contributed by atoms with van der Waals surface area (Å²) in [6.45, 7) is 6.87. The Morgan fingerprint density at radius 1 is 0.906 bits per heavy atom. The number of nitrogens with zero attached hydrogens (tertiary/aromatic N) is 4. The Morgan fingerprint density at radius 3 is 2.44 bits per heavy atom. The number of aryl methyl sites for hydroxylation is 2. The van der Waals surface area contributed by atoms with Gasteiger partial charge in [-0.05, 0) is 44.2 Å². The quantitative estimate of drug-likeness (QED) is 0.677. The zero-order valence-corrected chi connectivity index (χ0v) is 18.2. The summed E-state index contributed by atoms with van der Waals surface area (Å²) >= 11 is 0. The van der Waals surface area contributed by atoms with Crippen molar-refractivity contribution in [3.63, 3.8) is 0 Å². The normalized spacial score (nSPS) is 15.1. The lowest BCUT2D eigenvalue weighted by atomic mass is 10.1. The fourth-order valence-electron chi connectivity index (χ4n) is 3.89. The zero-order chi connectivity index (χ0) is 22.1. The molecule has 0 spiro atoms. The molecule has 2 aromatic carbocycles. The lowest BCUT2D eigenvalue weighted by Gasteiger charge is -2.35. The largest absolute Gasteiger partial charge is 0.454 e. The van der Waals surface area contributed by atoms with Gasteiger partial charge in [0.15, 0.2) is 11.5 Å². The van der Waals surface area contributed by atoms with E-state index in [1.807, 2.05) is 30.0 Å². The van der Waals surface area contributed by atoms with E-state index in [2.05, 4.69) is 34.3 Å². The molecule has 32 heavy (non-hydrogen) atoms. The van der Waals surface area contributed by atoms with Crippen molar-refractivity contribution in [2.75, 3.05) is 43.2 Å². The van der Waals surface area contributed by atoms with Gasteiger partial charge in [0.25, 0.3) is 5.91 Å². The first-order valence-electron chi connectivity index (χ1n) is 10.7. The highest BCUT2D eigenvalue weighted by molar-refractivity contribution is 5.95. The van der Waals surface area contributed by atoms with Crippen LogP contribution in [0.5, 0.6) is 11.5 Å². The molecule has 1 saturated heterocycles. The van der Waals surface area contributed by atoms with Gasteiger partial charge in [-0.25, -0.2) is 4.98 Å². The molecule has 2 aliphatic rings. The molecule has 0 bridgehead atoms. The molecule has 1 amide bonds. The molecule has 0 atom stereocenters. The smallest absolute Gasteiger partial charge is 0.254 e. The molecule has 0 unspecified atom stereocenters. The number of amides is 1. The second-order valence-electron chi connectivity index (χ2n) is 8.03. The van der Waals surface area contributed by atoms with Crippen LogP contribution < -0.4 is 19.7 Å². The maximum Gasteiger partial charge on any atom is 0.254 e. The third kappa shape index (κ3) is 4.16. The first-order chi connectivity index (χ1) is 15.5. The second kappa shape index (κ2) is 8.37. The first-order valence-corrected chi connectivity index (χ1v) is 10.7. The minimum Gasteiger partial charge on any atom is -0.454 e. The molecule has 1 fully saturated rings. The molecule has 2 aliphatic heterocycles. The molecular formula is C24H25N5O3. The SMILES string of the molecule is Cc1ccc(Nc2nc(C)cc(N3CCN(C(=O)c4ccc5c(c4)OCO5)CC3)n2)cc1. The number of anilines is 3. The summed E-state index contributed by atoms with van der Waals surface area (Å²) in [7, 11) is 0. The van der Waals surface area contributed by atoms with Gasteiger partial charge >= 0.3 is 0 Å². The maximum absolute atomic E-state index is 13.0. The number of fused-ring (bicyclic) bond motifs is 1. The van der Waals surface area contributed by atoms with Crippen LogP contribution in [0, 0.1) is 13.8 Å². The van der Waals surface area contributed by atoms with Crippen LogP contribution in [-0.2, 0) is 0 Å². The molecule has 8 heteroatoms. The van der Waals surface area contributed by atoms with E-state index >= 15 is 0 Å². The number of piperazine rings is 1. The van der Waals surface area contributed by atoms with Gasteiger partial charge in [0, 0.05) is 49.2 Å². The number of aromatic nitrogens is 2. The Hall–Kier alpha value is -3.81. The van der Waals surface area contributed by atoms with Crippen molar-refractivity contribution in [2.45, 2.75) is 13.8 Å². The summed E-state index contributed by atoms with van der Waals surface area (Å²) in [6.07, 6.45) is 0. The number of hydrogen-bond donors (Lipinski definition) is 1. The summed E-state index contributed by atoms with van der Waals surface area (Å²) in [5, 5.41) is 3.28. The van der Waals surface area contributed by atoms with Crippen molar-refractivity contribution in [1.82, 2.24) is 14.9 Å². The van der Waals surface area contributed by atoms with Crippen LogP contribution in [0.3, 0.4) is 0 Å². The van der Waals surface area contributed by atoms with Crippen molar-refractivity contribution < 1.29 is 14.3 Å². The summed E-state index contributed by atoms with van der Waals surface area (Å²) < 4.78 is 10.7. The van der Waals surface area contributed by atoms with Gasteiger partial charge in [0.1, 0.15) is 5.82 Å². The van der Waals surface area contributed by atoms with E-state index in [4.69, 9.17) is 14.5 Å². The number of hydrogen-bond acceptors (Lipinski definition) is 7. The Balaban J connectivity index is 1.25. The number of ether oxygens (including phenoxy) is 2. The third-order valence-corrected chi connectivity index (χ3v) is 5.66. The maximum atomic E-state index is 13.0. The molecular weight excluding hydrogens is 406 g/mol. The molecule has 3 aromatic rings. The monoisotopic (exact) mass is 431 g/mol. The van der Waals surface area contributed by atoms with Gasteiger partial charge in [0.05, 0.1) is 0 Å². The molecule has 3 heterocycles. The predicted molar refractivity (Wildman–Crippen MR) is 122 cm³/mol. The molecule has 0 aliphatic carbocycles. The van der Waals surface area contributed by atoms with Crippen LogP contribution in [0.15, 0.2) is 48.5 Å². The van der Waals surface area contributed by atoms with Gasteiger partial charge in [0.2, 0.25) is 12.7 Å². The number of carbonyl (C=O) groups excluding carboxylic acids is 1. The number of carbonyl (C=O) groups is 1. The van der Waals surface area contributed by atoms with Crippen LogP contribution in [0.25, 0.3) is 0 Å². The van der Waals surface area contributed by atoms with Crippen LogP contribution in [0.4, 0.5) is 17.5 Å². The van der Waals surface area contributed by atoms with Crippen LogP contribution in [0.1, 0.15) is 21.6 Å². The summed E-state index contributed by atoms with van der Waals surface area (Å²) in [5.41, 5.74) is 3.66. The topological polar surface area (TPSA) is 79.8 Å². The summed E-state index contributed by atoms with van der Waals surface area (Å²) in [5.74, 6) is 2.74. The summed E-state index contributed by atoms with van der Waals surface area (Å²) in [4.78, 5) is 26.2. The Labute approximate surface area is 186 Å². The molecule has 5 rings (SSSR count). The van der Waals surface area contributed by atoms with Crippen LogP contribution in [-0.4, -0.2) is 53.7 Å². The molecule has 1 N–H and O–H groups in total. The van der Waals surface area contributed by atoms with E-state index in [0.717, 1.165) is 17.2 Å². The van der Waals surface area contributed by atoms with Crippen molar-refractivity contribution in [1.29, 1.82) is 0 Å². The van der Waals surface area contributed by atoms with Gasteiger partial charge < -0.3 is 24.6 Å².